The Morgan fingerprint density at radius 2 is 1.79 bits per heavy atom. The molecule has 1 N–H and O–H groups in total. The molecule has 0 saturated heterocycles. The number of amides is 1. The predicted molar refractivity (Wildman–Crippen MR) is 134 cm³/mol. The second-order valence-electron chi connectivity index (χ2n) is 6.81. The predicted octanol–water partition coefficient (Wildman–Crippen LogP) is 4.95. The van der Waals surface area contributed by atoms with Crippen LogP contribution in [0.25, 0.3) is 17.1 Å². The molecule has 4 rings (SSSR count). The minimum absolute atomic E-state index is 0.134. The van der Waals surface area contributed by atoms with Gasteiger partial charge in [-0.3, -0.25) is 9.36 Å². The number of thioether (sulfide) groups is 1. The standard InChI is InChI=1S/C24H20BrN5O2S/c1-32-21-10-6-5-7-18(21)15-26-27-22(31)16-33-24-29-28-23(17-11-13-19(25)14-12-17)30(24)20-8-3-2-4-9-20/h2-15H,16H2,1H3,(H,27,31). The molecular weight excluding hydrogens is 502 g/mol. The van der Waals surface area contributed by atoms with Crippen molar-refractivity contribution in [2.24, 2.45) is 5.10 Å². The smallest absolute Gasteiger partial charge is 0.250 e. The molecule has 0 fully saturated rings. The zero-order valence-corrected chi connectivity index (χ0v) is 20.1. The van der Waals surface area contributed by atoms with Crippen molar-refractivity contribution in [2.45, 2.75) is 5.16 Å². The number of hydrazone groups is 1. The Kier molecular flexibility index (Phi) is 7.54. The first-order valence-electron chi connectivity index (χ1n) is 10.00. The van der Waals surface area contributed by atoms with E-state index < -0.39 is 0 Å². The maximum atomic E-state index is 12.4. The number of nitrogens with one attached hydrogen (secondary N) is 1. The van der Waals surface area contributed by atoms with E-state index in [2.05, 4.69) is 36.7 Å². The first-order valence-corrected chi connectivity index (χ1v) is 11.8. The highest BCUT2D eigenvalue weighted by atomic mass is 79.9. The van der Waals surface area contributed by atoms with Crippen molar-refractivity contribution in [3.8, 4) is 22.8 Å². The number of carbonyl (C=O) groups excluding carboxylic acids is 1. The highest BCUT2D eigenvalue weighted by Crippen LogP contribution is 2.28. The Morgan fingerprint density at radius 1 is 1.06 bits per heavy atom. The lowest BCUT2D eigenvalue weighted by molar-refractivity contribution is -0.118. The van der Waals surface area contributed by atoms with Crippen molar-refractivity contribution < 1.29 is 9.53 Å². The fraction of sp³-hybridized carbons (Fsp3) is 0.0833. The molecule has 0 atom stereocenters. The third-order valence-electron chi connectivity index (χ3n) is 4.61. The molecule has 0 aliphatic carbocycles. The van der Waals surface area contributed by atoms with Crippen LogP contribution in [0.15, 0.2) is 93.6 Å². The summed E-state index contributed by atoms with van der Waals surface area (Å²) >= 11 is 4.75. The summed E-state index contributed by atoms with van der Waals surface area (Å²) in [4.78, 5) is 12.4. The lowest BCUT2D eigenvalue weighted by atomic mass is 10.2. The third kappa shape index (κ3) is 5.68. The molecule has 0 radical (unpaired) electrons. The number of hydrogen-bond acceptors (Lipinski definition) is 6. The molecule has 1 amide bonds. The first-order chi connectivity index (χ1) is 16.2. The second kappa shape index (κ2) is 10.9. The van der Waals surface area contributed by atoms with Gasteiger partial charge in [-0.1, -0.05) is 70.2 Å². The molecule has 4 aromatic rings. The molecule has 1 heterocycles. The number of nitrogens with zero attached hydrogens (tertiary/aromatic N) is 4. The highest BCUT2D eigenvalue weighted by Gasteiger charge is 2.17. The summed E-state index contributed by atoms with van der Waals surface area (Å²) in [5.41, 5.74) is 5.16. The van der Waals surface area contributed by atoms with Crippen molar-refractivity contribution in [1.82, 2.24) is 20.2 Å². The fourth-order valence-corrected chi connectivity index (χ4v) is 4.08. The summed E-state index contributed by atoms with van der Waals surface area (Å²) in [5, 5.41) is 13.4. The van der Waals surface area contributed by atoms with Gasteiger partial charge in [-0.25, -0.2) is 5.43 Å². The maximum absolute atomic E-state index is 12.4. The van der Waals surface area contributed by atoms with Gasteiger partial charge in [-0.15, -0.1) is 10.2 Å². The van der Waals surface area contributed by atoms with E-state index in [0.717, 1.165) is 21.3 Å². The summed E-state index contributed by atoms with van der Waals surface area (Å²) in [6.07, 6.45) is 1.56. The van der Waals surface area contributed by atoms with Gasteiger partial charge in [0.15, 0.2) is 11.0 Å². The maximum Gasteiger partial charge on any atom is 0.250 e. The van der Waals surface area contributed by atoms with E-state index in [-0.39, 0.29) is 11.7 Å². The molecule has 0 bridgehead atoms. The number of para-hydroxylation sites is 2. The lowest BCUT2D eigenvalue weighted by Crippen LogP contribution is -2.20. The van der Waals surface area contributed by atoms with Crippen LogP contribution in [0, 0.1) is 0 Å². The molecule has 9 heteroatoms. The van der Waals surface area contributed by atoms with Crippen molar-refractivity contribution in [3.63, 3.8) is 0 Å². The van der Waals surface area contributed by atoms with Crippen molar-refractivity contribution >= 4 is 39.8 Å². The topological polar surface area (TPSA) is 81.4 Å². The normalized spacial score (nSPS) is 11.0. The van der Waals surface area contributed by atoms with Crippen LogP contribution in [-0.2, 0) is 4.79 Å². The first kappa shape index (κ1) is 22.8. The number of methoxy groups -OCH3 is 1. The van der Waals surface area contributed by atoms with Gasteiger partial charge >= 0.3 is 0 Å². The molecule has 7 nitrogen and oxygen atoms in total. The Labute approximate surface area is 204 Å². The van der Waals surface area contributed by atoms with Crippen LogP contribution in [0.1, 0.15) is 5.56 Å². The molecular formula is C24H20BrN5O2S. The summed E-state index contributed by atoms with van der Waals surface area (Å²) in [6.45, 7) is 0. The Bertz CT molecular complexity index is 1260. The van der Waals surface area contributed by atoms with E-state index in [1.165, 1.54) is 11.8 Å². The quantitative estimate of drug-likeness (QED) is 0.201. The number of rotatable bonds is 8. The van der Waals surface area contributed by atoms with Gasteiger partial charge in [0, 0.05) is 21.3 Å². The Balaban J connectivity index is 1.49. The van der Waals surface area contributed by atoms with E-state index in [4.69, 9.17) is 4.74 Å². The van der Waals surface area contributed by atoms with Gasteiger partial charge in [0.2, 0.25) is 0 Å². The van der Waals surface area contributed by atoms with Gasteiger partial charge in [0.1, 0.15) is 5.75 Å². The summed E-state index contributed by atoms with van der Waals surface area (Å²) in [5.74, 6) is 1.26. The fourth-order valence-electron chi connectivity index (χ4n) is 3.07. The van der Waals surface area contributed by atoms with Crippen LogP contribution in [-0.4, -0.2) is 39.7 Å². The zero-order chi connectivity index (χ0) is 23.0. The monoisotopic (exact) mass is 521 g/mol. The molecule has 0 unspecified atom stereocenters. The van der Waals surface area contributed by atoms with E-state index in [9.17, 15) is 4.79 Å². The van der Waals surface area contributed by atoms with Crippen molar-refractivity contribution in [3.05, 3.63) is 88.9 Å². The minimum Gasteiger partial charge on any atom is -0.496 e. The molecule has 0 aliphatic heterocycles. The van der Waals surface area contributed by atoms with Gasteiger partial charge < -0.3 is 4.74 Å². The summed E-state index contributed by atoms with van der Waals surface area (Å²) in [7, 11) is 1.59. The third-order valence-corrected chi connectivity index (χ3v) is 6.07. The van der Waals surface area contributed by atoms with Crippen LogP contribution >= 0.6 is 27.7 Å². The molecule has 0 aliphatic rings. The van der Waals surface area contributed by atoms with Crippen LogP contribution in [0.3, 0.4) is 0 Å². The molecule has 166 valence electrons. The van der Waals surface area contributed by atoms with E-state index in [0.29, 0.717) is 16.7 Å². The largest absolute Gasteiger partial charge is 0.496 e. The lowest BCUT2D eigenvalue weighted by Gasteiger charge is -2.10. The van der Waals surface area contributed by atoms with Crippen molar-refractivity contribution in [2.75, 3.05) is 12.9 Å². The molecule has 33 heavy (non-hydrogen) atoms. The van der Waals surface area contributed by atoms with Crippen molar-refractivity contribution in [1.29, 1.82) is 0 Å². The number of halogens is 1. The van der Waals surface area contributed by atoms with Gasteiger partial charge in [0.05, 0.1) is 19.1 Å². The highest BCUT2D eigenvalue weighted by molar-refractivity contribution is 9.10. The average Bonchev–Trinajstić information content (AvgIpc) is 3.28. The Hall–Kier alpha value is -3.43. The number of aromatic nitrogens is 3. The van der Waals surface area contributed by atoms with Gasteiger partial charge in [0.25, 0.3) is 5.91 Å². The molecule has 1 aromatic heterocycles. The number of ether oxygens (including phenoxy) is 1. The Morgan fingerprint density at radius 3 is 2.55 bits per heavy atom. The number of hydrogen-bond donors (Lipinski definition) is 1. The molecule has 0 saturated carbocycles. The van der Waals surface area contributed by atoms with E-state index in [1.807, 2.05) is 83.4 Å². The van der Waals surface area contributed by atoms with Gasteiger partial charge in [-0.2, -0.15) is 5.10 Å². The van der Waals surface area contributed by atoms with Crippen LogP contribution in [0.4, 0.5) is 0 Å². The van der Waals surface area contributed by atoms with Crippen LogP contribution in [0.2, 0.25) is 0 Å². The van der Waals surface area contributed by atoms with Crippen LogP contribution in [0.5, 0.6) is 5.75 Å². The number of benzene rings is 3. The molecule has 3 aromatic carbocycles. The SMILES string of the molecule is COc1ccccc1C=NNC(=O)CSc1nnc(-c2ccc(Br)cc2)n1-c1ccccc1. The average molecular weight is 522 g/mol. The van der Waals surface area contributed by atoms with Gasteiger partial charge in [-0.05, 0) is 36.4 Å². The number of carbonyl (C=O) groups is 1. The summed E-state index contributed by atoms with van der Waals surface area (Å²) < 4.78 is 8.21. The van der Waals surface area contributed by atoms with Crippen LogP contribution < -0.4 is 10.2 Å². The summed E-state index contributed by atoms with van der Waals surface area (Å²) in [6, 6.07) is 25.1. The minimum atomic E-state index is -0.251. The van der Waals surface area contributed by atoms with E-state index >= 15 is 0 Å². The second-order valence-corrected chi connectivity index (χ2v) is 8.67. The van der Waals surface area contributed by atoms with E-state index in [1.54, 1.807) is 13.3 Å². The molecule has 0 spiro atoms. The zero-order valence-electron chi connectivity index (χ0n) is 17.7.